The van der Waals surface area contributed by atoms with Crippen LogP contribution in [0, 0.1) is 23.2 Å². The van der Waals surface area contributed by atoms with Crippen molar-refractivity contribution >= 4 is 23.5 Å². The van der Waals surface area contributed by atoms with E-state index in [1.165, 1.54) is 0 Å². The fourth-order valence-corrected chi connectivity index (χ4v) is 10.3. The first kappa shape index (κ1) is 32.8. The van der Waals surface area contributed by atoms with Gasteiger partial charge in [0.15, 0.2) is 5.69 Å². The Bertz CT molecular complexity index is 1630. The highest BCUT2D eigenvalue weighted by Crippen LogP contribution is 2.53. The first-order chi connectivity index (χ1) is 23.4. The molecule has 5 fully saturated rings. The van der Waals surface area contributed by atoms with E-state index < -0.39 is 34.8 Å². The molecule has 4 unspecified atom stereocenters. The van der Waals surface area contributed by atoms with Gasteiger partial charge in [0.25, 0.3) is 5.91 Å². The molecule has 6 aliphatic rings. The summed E-state index contributed by atoms with van der Waals surface area (Å²) in [4.78, 5) is 36.3. The molecular formula is C37H45F3N4O5. The molecule has 3 heterocycles. The predicted molar refractivity (Wildman–Crippen MR) is 174 cm³/mol. The van der Waals surface area contributed by atoms with E-state index in [-0.39, 0.29) is 41.6 Å². The number of hydrogen-bond donors (Lipinski definition) is 2. The maximum atomic E-state index is 14.7. The summed E-state index contributed by atoms with van der Waals surface area (Å²) in [6.45, 7) is 4.16. The van der Waals surface area contributed by atoms with E-state index in [0.717, 1.165) is 101 Å². The normalized spacial score (nSPS) is 30.2. The van der Waals surface area contributed by atoms with Gasteiger partial charge in [0, 0.05) is 29.3 Å². The average Bonchev–Trinajstić information content (AvgIpc) is 3.50. The highest BCUT2D eigenvalue weighted by atomic mass is 19.4. The molecule has 4 atom stereocenters. The second kappa shape index (κ2) is 11.8. The lowest BCUT2D eigenvalue weighted by atomic mass is 9.70. The summed E-state index contributed by atoms with van der Waals surface area (Å²) >= 11 is 0. The molecule has 2 aromatic rings. The Morgan fingerprint density at radius 2 is 1.82 bits per heavy atom. The Hall–Kier alpha value is -3.41. The van der Waals surface area contributed by atoms with Crippen molar-refractivity contribution in [2.45, 2.75) is 114 Å². The average molecular weight is 683 g/mol. The fourth-order valence-electron chi connectivity index (χ4n) is 10.3. The number of halogens is 3. The van der Waals surface area contributed by atoms with Gasteiger partial charge < -0.3 is 24.8 Å². The van der Waals surface area contributed by atoms with Crippen LogP contribution in [0.25, 0.3) is 0 Å². The number of aliphatic carboxylic acids is 1. The second-order valence-corrected chi connectivity index (χ2v) is 16.2. The standard InChI is InChI=1S/C37H45F3N4O5/c1-22-13-23-15-24(14-22)36(17-23,32(46)47)43-31(45)27-18-41-33(42-30(27)37(38,39)40)44-19-35(9-3-2-4-10-35)28-16-26(5-6-29(28)44)49-25-7-11-34(12-8-25)20-48-21-34/h5-6,16,18,22-25H,2-4,7-15,17,19-21H2,1H3,(H,43,45)(H,46,47). The Balaban J connectivity index is 1.08. The molecule has 1 aromatic heterocycles. The van der Waals surface area contributed by atoms with Crippen LogP contribution >= 0.6 is 0 Å². The molecule has 1 aromatic carbocycles. The van der Waals surface area contributed by atoms with Crippen molar-refractivity contribution in [3.8, 4) is 5.75 Å². The van der Waals surface area contributed by atoms with Crippen molar-refractivity contribution in [3.05, 3.63) is 41.2 Å². The molecule has 8 rings (SSSR count). The van der Waals surface area contributed by atoms with E-state index in [1.54, 1.807) is 4.90 Å². The number of benzene rings is 1. The van der Waals surface area contributed by atoms with E-state index >= 15 is 0 Å². The highest BCUT2D eigenvalue weighted by molar-refractivity contribution is 5.99. The van der Waals surface area contributed by atoms with Gasteiger partial charge in [0.1, 0.15) is 11.3 Å². The molecule has 1 saturated heterocycles. The summed E-state index contributed by atoms with van der Waals surface area (Å²) < 4.78 is 56.0. The van der Waals surface area contributed by atoms with Crippen molar-refractivity contribution in [2.24, 2.45) is 23.2 Å². The van der Waals surface area contributed by atoms with Gasteiger partial charge in [-0.3, -0.25) is 4.79 Å². The van der Waals surface area contributed by atoms with Crippen LogP contribution in [0.15, 0.2) is 24.4 Å². The smallest absolute Gasteiger partial charge is 0.434 e. The Morgan fingerprint density at radius 3 is 2.49 bits per heavy atom. The van der Waals surface area contributed by atoms with Gasteiger partial charge in [-0.2, -0.15) is 13.2 Å². The van der Waals surface area contributed by atoms with Crippen molar-refractivity contribution in [1.29, 1.82) is 0 Å². The number of nitrogens with zero attached hydrogens (tertiary/aromatic N) is 3. The van der Waals surface area contributed by atoms with E-state index in [4.69, 9.17) is 9.47 Å². The molecule has 2 bridgehead atoms. The third-order valence-electron chi connectivity index (χ3n) is 12.8. The second-order valence-electron chi connectivity index (χ2n) is 16.2. The Labute approximate surface area is 284 Å². The minimum atomic E-state index is -4.96. The predicted octanol–water partition coefficient (Wildman–Crippen LogP) is 7.20. The number of carbonyl (C=O) groups excluding carboxylic acids is 1. The van der Waals surface area contributed by atoms with Crippen LogP contribution < -0.4 is 15.0 Å². The van der Waals surface area contributed by atoms with Crippen LogP contribution in [0.1, 0.15) is 112 Å². The van der Waals surface area contributed by atoms with Crippen molar-refractivity contribution in [3.63, 3.8) is 0 Å². The number of alkyl halides is 3. The maximum absolute atomic E-state index is 14.7. The maximum Gasteiger partial charge on any atom is 0.434 e. The number of anilines is 2. The van der Waals surface area contributed by atoms with Crippen LogP contribution in [-0.2, 0) is 21.1 Å². The summed E-state index contributed by atoms with van der Waals surface area (Å²) in [5.74, 6) is -1.60. The number of carboxylic acid groups (broad SMARTS) is 1. The number of ether oxygens (including phenoxy) is 2. The Morgan fingerprint density at radius 1 is 1.06 bits per heavy atom. The Kier molecular flexibility index (Phi) is 7.92. The minimum absolute atomic E-state index is 0.108. The van der Waals surface area contributed by atoms with Gasteiger partial charge in [-0.25, -0.2) is 14.8 Å². The number of carbonyl (C=O) groups is 2. The SMILES string of the molecule is CC1CC2CC(C1)C(NC(=O)c1cnc(N3CC4(CCCCC4)c4cc(OC5CCC6(CC5)COC6)ccc43)nc1C(F)(F)F)(C(=O)O)C2. The third kappa shape index (κ3) is 5.66. The molecule has 2 N–H and O–H groups in total. The first-order valence-electron chi connectivity index (χ1n) is 18.1. The highest BCUT2D eigenvalue weighted by Gasteiger charge is 2.57. The van der Waals surface area contributed by atoms with Crippen molar-refractivity contribution < 1.29 is 37.3 Å². The largest absolute Gasteiger partial charge is 0.490 e. The monoisotopic (exact) mass is 682 g/mol. The van der Waals surface area contributed by atoms with E-state index in [2.05, 4.69) is 21.4 Å². The zero-order valence-electron chi connectivity index (χ0n) is 28.0. The molecule has 12 heteroatoms. The number of aromatic nitrogens is 2. The molecule has 49 heavy (non-hydrogen) atoms. The number of fused-ring (bicyclic) bond motifs is 4. The van der Waals surface area contributed by atoms with Gasteiger partial charge in [0.05, 0.1) is 24.9 Å². The minimum Gasteiger partial charge on any atom is -0.490 e. The number of hydrogen-bond acceptors (Lipinski definition) is 7. The molecule has 2 spiro atoms. The van der Waals surface area contributed by atoms with E-state index in [9.17, 15) is 27.9 Å². The van der Waals surface area contributed by atoms with Gasteiger partial charge in [-0.15, -0.1) is 0 Å². The number of amides is 1. The van der Waals surface area contributed by atoms with Crippen LogP contribution in [0.3, 0.4) is 0 Å². The summed E-state index contributed by atoms with van der Waals surface area (Å²) in [6.07, 6.45) is 7.43. The summed E-state index contributed by atoms with van der Waals surface area (Å²) in [7, 11) is 0. The molecule has 4 aliphatic carbocycles. The van der Waals surface area contributed by atoms with Gasteiger partial charge in [0.2, 0.25) is 5.95 Å². The van der Waals surface area contributed by atoms with Crippen LogP contribution in [0.4, 0.5) is 24.8 Å². The van der Waals surface area contributed by atoms with Gasteiger partial charge in [-0.05, 0) is 106 Å². The summed E-state index contributed by atoms with van der Waals surface area (Å²) in [6, 6.07) is 5.88. The lowest BCUT2D eigenvalue weighted by molar-refractivity contribution is -0.146. The van der Waals surface area contributed by atoms with Crippen LogP contribution in [0.2, 0.25) is 0 Å². The molecule has 4 saturated carbocycles. The van der Waals surface area contributed by atoms with Gasteiger partial charge >= 0.3 is 12.1 Å². The van der Waals surface area contributed by atoms with Crippen molar-refractivity contribution in [1.82, 2.24) is 15.3 Å². The molecule has 264 valence electrons. The zero-order chi connectivity index (χ0) is 34.2. The molecule has 2 aliphatic heterocycles. The lowest BCUT2D eigenvalue weighted by Gasteiger charge is -2.46. The molecule has 0 radical (unpaired) electrons. The third-order valence-corrected chi connectivity index (χ3v) is 12.8. The van der Waals surface area contributed by atoms with E-state index in [1.807, 2.05) is 19.1 Å². The molecule has 9 nitrogen and oxygen atoms in total. The quantitative estimate of drug-likeness (QED) is 0.329. The number of nitrogens with one attached hydrogen (secondary N) is 1. The number of carboxylic acids is 1. The number of rotatable bonds is 6. The topological polar surface area (TPSA) is 114 Å². The first-order valence-corrected chi connectivity index (χ1v) is 18.1. The lowest BCUT2D eigenvalue weighted by Crippen LogP contribution is -2.57. The summed E-state index contributed by atoms with van der Waals surface area (Å²) in [5.41, 5.74) is -1.87. The fraction of sp³-hybridized carbons (Fsp3) is 0.676. The molecule has 1 amide bonds. The van der Waals surface area contributed by atoms with E-state index in [0.29, 0.717) is 24.8 Å². The molecular weight excluding hydrogens is 637 g/mol. The van der Waals surface area contributed by atoms with Crippen LogP contribution in [-0.4, -0.2) is 58.4 Å². The zero-order valence-corrected chi connectivity index (χ0v) is 28.0. The summed E-state index contributed by atoms with van der Waals surface area (Å²) in [5, 5.41) is 12.8. The van der Waals surface area contributed by atoms with Crippen LogP contribution in [0.5, 0.6) is 5.75 Å². The van der Waals surface area contributed by atoms with Crippen molar-refractivity contribution in [2.75, 3.05) is 24.7 Å². The van der Waals surface area contributed by atoms with Gasteiger partial charge in [-0.1, -0.05) is 26.2 Å².